The largest absolute Gasteiger partial charge is 0.497 e. The fraction of sp³-hybridized carbons (Fsp3) is 0.0909. The van der Waals surface area contributed by atoms with E-state index in [0.29, 0.717) is 11.5 Å². The van der Waals surface area contributed by atoms with Gasteiger partial charge < -0.3 is 15.2 Å². The fourth-order valence-corrected chi connectivity index (χ4v) is 1.25. The van der Waals surface area contributed by atoms with E-state index in [2.05, 4.69) is 10.2 Å². The molecule has 2 rings (SSSR count). The zero-order valence-corrected chi connectivity index (χ0v) is 9.14. The van der Waals surface area contributed by atoms with Crippen LogP contribution >= 0.6 is 0 Å². The molecule has 0 saturated carbocycles. The lowest BCUT2D eigenvalue weighted by atomic mass is 10.3. The van der Waals surface area contributed by atoms with E-state index in [1.165, 1.54) is 6.07 Å². The van der Waals surface area contributed by atoms with Crippen molar-refractivity contribution in [2.45, 2.75) is 0 Å². The van der Waals surface area contributed by atoms with Crippen LogP contribution in [0.25, 0.3) is 0 Å². The van der Waals surface area contributed by atoms with Gasteiger partial charge in [0.05, 0.1) is 7.11 Å². The lowest BCUT2D eigenvalue weighted by molar-refractivity contribution is 0.0728. The second-order valence-electron chi connectivity index (χ2n) is 3.27. The van der Waals surface area contributed by atoms with Crippen molar-refractivity contribution in [3.05, 3.63) is 36.0 Å². The number of nitrogens with one attached hydrogen (secondary N) is 1. The second kappa shape index (κ2) is 4.56. The predicted octanol–water partition coefficient (Wildman–Crippen LogP) is 1.22. The van der Waals surface area contributed by atoms with Crippen LogP contribution in [0.5, 0.6) is 11.5 Å². The van der Waals surface area contributed by atoms with Gasteiger partial charge in [0.2, 0.25) is 0 Å². The highest BCUT2D eigenvalue weighted by Crippen LogP contribution is 2.18. The van der Waals surface area contributed by atoms with E-state index in [9.17, 15) is 4.79 Å². The average molecular weight is 233 g/mol. The summed E-state index contributed by atoms with van der Waals surface area (Å²) in [5, 5.41) is 6.11. The highest BCUT2D eigenvalue weighted by Gasteiger charge is 2.11. The van der Waals surface area contributed by atoms with Crippen LogP contribution in [0.3, 0.4) is 0 Å². The molecule has 0 spiro atoms. The fourth-order valence-electron chi connectivity index (χ4n) is 1.25. The van der Waals surface area contributed by atoms with Crippen LogP contribution in [0.1, 0.15) is 10.5 Å². The number of benzene rings is 1. The smallest absolute Gasteiger partial charge is 0.361 e. The maximum atomic E-state index is 11.6. The number of H-pyrrole nitrogens is 1. The normalized spacial score (nSPS) is 9.94. The molecule has 0 aliphatic rings. The Kier molecular flexibility index (Phi) is 2.95. The van der Waals surface area contributed by atoms with Crippen LogP contribution in [-0.4, -0.2) is 23.3 Å². The number of esters is 1. The number of nitrogen functional groups attached to an aromatic ring is 1. The van der Waals surface area contributed by atoms with Gasteiger partial charge >= 0.3 is 5.97 Å². The predicted molar refractivity (Wildman–Crippen MR) is 61.0 cm³/mol. The number of methoxy groups -OCH3 is 1. The molecule has 0 bridgehead atoms. The summed E-state index contributed by atoms with van der Waals surface area (Å²) < 4.78 is 10.1. The van der Waals surface area contributed by atoms with Gasteiger partial charge in [0.1, 0.15) is 23.0 Å². The highest BCUT2D eigenvalue weighted by molar-refractivity contribution is 5.89. The molecule has 0 aliphatic carbocycles. The van der Waals surface area contributed by atoms with Crippen molar-refractivity contribution < 1.29 is 14.3 Å². The first-order valence-corrected chi connectivity index (χ1v) is 4.86. The molecule has 0 atom stereocenters. The van der Waals surface area contributed by atoms with E-state index >= 15 is 0 Å². The van der Waals surface area contributed by atoms with Crippen LogP contribution in [0.4, 0.5) is 5.82 Å². The third kappa shape index (κ3) is 2.54. The van der Waals surface area contributed by atoms with E-state index in [4.69, 9.17) is 15.2 Å². The Hall–Kier alpha value is -2.50. The van der Waals surface area contributed by atoms with Crippen molar-refractivity contribution >= 4 is 11.8 Å². The van der Waals surface area contributed by atoms with Gasteiger partial charge in [-0.2, -0.15) is 5.10 Å². The summed E-state index contributed by atoms with van der Waals surface area (Å²) in [7, 11) is 1.56. The quantitative estimate of drug-likeness (QED) is 0.614. The van der Waals surface area contributed by atoms with Crippen LogP contribution in [0.2, 0.25) is 0 Å². The van der Waals surface area contributed by atoms with Crippen LogP contribution in [-0.2, 0) is 0 Å². The molecule has 0 unspecified atom stereocenters. The number of anilines is 1. The molecule has 1 aromatic heterocycles. The molecule has 0 saturated heterocycles. The number of rotatable bonds is 3. The van der Waals surface area contributed by atoms with Crippen molar-refractivity contribution in [1.29, 1.82) is 0 Å². The number of nitrogens with two attached hydrogens (primary N) is 1. The minimum Gasteiger partial charge on any atom is -0.497 e. The Balaban J connectivity index is 2.07. The van der Waals surface area contributed by atoms with Gasteiger partial charge in [0.25, 0.3) is 0 Å². The molecule has 3 N–H and O–H groups in total. The number of aromatic amines is 1. The van der Waals surface area contributed by atoms with Gasteiger partial charge in [-0.25, -0.2) is 4.79 Å². The van der Waals surface area contributed by atoms with E-state index in [-0.39, 0.29) is 11.5 Å². The highest BCUT2D eigenvalue weighted by atomic mass is 16.5. The van der Waals surface area contributed by atoms with Crippen molar-refractivity contribution in [3.8, 4) is 11.5 Å². The monoisotopic (exact) mass is 233 g/mol. The van der Waals surface area contributed by atoms with Crippen LogP contribution in [0, 0.1) is 0 Å². The maximum absolute atomic E-state index is 11.6. The first-order chi connectivity index (χ1) is 8.19. The first-order valence-electron chi connectivity index (χ1n) is 4.86. The molecule has 0 fully saturated rings. The molecule has 2 aromatic rings. The molecule has 17 heavy (non-hydrogen) atoms. The third-order valence-electron chi connectivity index (χ3n) is 2.09. The lowest BCUT2D eigenvalue weighted by Crippen LogP contribution is -2.08. The van der Waals surface area contributed by atoms with E-state index in [1.807, 2.05) is 0 Å². The second-order valence-corrected chi connectivity index (χ2v) is 3.27. The summed E-state index contributed by atoms with van der Waals surface area (Å²) in [6.45, 7) is 0. The summed E-state index contributed by atoms with van der Waals surface area (Å²) in [5.74, 6) is 0.811. The lowest BCUT2D eigenvalue weighted by Gasteiger charge is -2.03. The SMILES string of the molecule is COc1ccc(OC(=O)c2cc(N)n[nH]2)cc1. The van der Waals surface area contributed by atoms with Gasteiger partial charge in [-0.05, 0) is 24.3 Å². The van der Waals surface area contributed by atoms with Gasteiger partial charge in [-0.1, -0.05) is 0 Å². The van der Waals surface area contributed by atoms with Gasteiger partial charge in [-0.15, -0.1) is 0 Å². The first kappa shape index (κ1) is 11.0. The Morgan fingerprint density at radius 2 is 1.94 bits per heavy atom. The summed E-state index contributed by atoms with van der Waals surface area (Å²) in [6, 6.07) is 8.08. The van der Waals surface area contributed by atoms with Crippen molar-refractivity contribution in [3.63, 3.8) is 0 Å². The molecule has 1 aromatic carbocycles. The zero-order chi connectivity index (χ0) is 12.3. The number of hydrogen-bond donors (Lipinski definition) is 2. The number of hydrogen-bond acceptors (Lipinski definition) is 5. The molecule has 1 heterocycles. The molecule has 0 radical (unpaired) electrons. The van der Waals surface area contributed by atoms with Crippen molar-refractivity contribution in [2.75, 3.05) is 12.8 Å². The van der Waals surface area contributed by atoms with E-state index in [0.717, 1.165) is 0 Å². The Labute approximate surface area is 97.3 Å². The van der Waals surface area contributed by atoms with Crippen molar-refractivity contribution in [2.24, 2.45) is 0 Å². The molecule has 6 nitrogen and oxygen atoms in total. The number of ether oxygens (including phenoxy) is 2. The third-order valence-corrected chi connectivity index (χ3v) is 2.09. The summed E-state index contributed by atoms with van der Waals surface area (Å²) in [6.07, 6.45) is 0. The van der Waals surface area contributed by atoms with Crippen molar-refractivity contribution in [1.82, 2.24) is 10.2 Å². The Bertz CT molecular complexity index is 519. The average Bonchev–Trinajstić information content (AvgIpc) is 2.77. The van der Waals surface area contributed by atoms with Crippen LogP contribution in [0.15, 0.2) is 30.3 Å². The number of carbonyl (C=O) groups is 1. The molecule has 88 valence electrons. The van der Waals surface area contributed by atoms with Gasteiger partial charge in [-0.3, -0.25) is 5.10 Å². The molecule has 0 aliphatic heterocycles. The molecule has 6 heteroatoms. The summed E-state index contributed by atoms with van der Waals surface area (Å²) in [5.41, 5.74) is 5.59. The number of nitrogens with zero attached hydrogens (tertiary/aromatic N) is 1. The molecular formula is C11H11N3O3. The standard InChI is InChI=1S/C11H11N3O3/c1-16-7-2-4-8(5-3-7)17-11(15)9-6-10(12)14-13-9/h2-6H,1H3,(H3,12,13,14). The van der Waals surface area contributed by atoms with Gasteiger partial charge in [0.15, 0.2) is 0 Å². The minimum absolute atomic E-state index is 0.207. The minimum atomic E-state index is -0.542. The Morgan fingerprint density at radius 3 is 2.47 bits per heavy atom. The van der Waals surface area contributed by atoms with Gasteiger partial charge in [0, 0.05) is 6.07 Å². The topological polar surface area (TPSA) is 90.2 Å². The summed E-state index contributed by atoms with van der Waals surface area (Å²) >= 11 is 0. The summed E-state index contributed by atoms with van der Waals surface area (Å²) in [4.78, 5) is 11.6. The molecular weight excluding hydrogens is 222 g/mol. The van der Waals surface area contributed by atoms with E-state index < -0.39 is 5.97 Å². The Morgan fingerprint density at radius 1 is 1.29 bits per heavy atom. The zero-order valence-electron chi connectivity index (χ0n) is 9.14. The molecule has 0 amide bonds. The maximum Gasteiger partial charge on any atom is 0.361 e. The van der Waals surface area contributed by atoms with E-state index in [1.54, 1.807) is 31.4 Å². The number of carbonyl (C=O) groups excluding carboxylic acids is 1. The number of aromatic nitrogens is 2. The van der Waals surface area contributed by atoms with Crippen LogP contribution < -0.4 is 15.2 Å².